The molecule has 2 aromatic carbocycles. The fraction of sp³-hybridized carbons (Fsp3) is 0.484. The third kappa shape index (κ3) is 7.19. The van der Waals surface area contributed by atoms with E-state index in [2.05, 4.69) is 10.6 Å². The molecular formula is C31H37ClN4O5. The van der Waals surface area contributed by atoms with Crippen LogP contribution in [-0.2, 0) is 25.6 Å². The van der Waals surface area contributed by atoms with E-state index >= 15 is 0 Å². The Morgan fingerprint density at radius 1 is 1.00 bits per heavy atom. The highest BCUT2D eigenvalue weighted by Crippen LogP contribution is 2.36. The van der Waals surface area contributed by atoms with Crippen LogP contribution < -0.4 is 15.4 Å². The molecule has 0 unspecified atom stereocenters. The highest BCUT2D eigenvalue weighted by molar-refractivity contribution is 6.30. The third-order valence-electron chi connectivity index (χ3n) is 8.35. The van der Waals surface area contributed by atoms with Crippen LogP contribution in [0, 0.1) is 11.8 Å². The third-order valence-corrected chi connectivity index (χ3v) is 8.60. The van der Waals surface area contributed by atoms with Crippen LogP contribution in [0.5, 0.6) is 5.75 Å². The van der Waals surface area contributed by atoms with Gasteiger partial charge in [-0.25, -0.2) is 0 Å². The number of hydrogen-bond acceptors (Lipinski definition) is 5. The van der Waals surface area contributed by atoms with Gasteiger partial charge in [0.25, 0.3) is 5.91 Å². The zero-order valence-corrected chi connectivity index (χ0v) is 24.0. The van der Waals surface area contributed by atoms with Crippen molar-refractivity contribution >= 4 is 35.2 Å². The van der Waals surface area contributed by atoms with Gasteiger partial charge in [-0.3, -0.25) is 19.2 Å². The van der Waals surface area contributed by atoms with Gasteiger partial charge in [-0.2, -0.15) is 0 Å². The molecule has 0 aromatic heterocycles. The van der Waals surface area contributed by atoms with E-state index in [9.17, 15) is 19.2 Å². The lowest BCUT2D eigenvalue weighted by Crippen LogP contribution is -2.64. The zero-order chi connectivity index (χ0) is 28.9. The molecule has 2 N–H and O–H groups in total. The number of carbonyl (C=O) groups excluding carboxylic acids is 4. The van der Waals surface area contributed by atoms with Gasteiger partial charge in [0.15, 0.2) is 6.61 Å². The van der Waals surface area contributed by atoms with E-state index in [1.165, 1.54) is 0 Å². The van der Waals surface area contributed by atoms with Gasteiger partial charge in [-0.15, -0.1) is 0 Å². The molecule has 9 nitrogen and oxygen atoms in total. The number of ether oxygens (including phenoxy) is 1. The van der Waals surface area contributed by atoms with Gasteiger partial charge in [0.05, 0.1) is 0 Å². The normalized spacial score (nSPS) is 27.1. The van der Waals surface area contributed by atoms with Crippen molar-refractivity contribution in [2.45, 2.75) is 57.2 Å². The van der Waals surface area contributed by atoms with Gasteiger partial charge in [0, 0.05) is 43.5 Å². The first-order valence-electron chi connectivity index (χ1n) is 14.4. The number of nitrogens with one attached hydrogen (secondary N) is 2. The lowest BCUT2D eigenvalue weighted by Gasteiger charge is -2.51. The standard InChI is InChI=1S/C31H37ClN4O5/c1-20-30(39)34-26(15-21-6-3-2-4-7-21)31(40)36-17-22-14-23(27(36)8-5-9-28(37)33-20)18-35(16-22)29(38)19-41-25-12-10-24(32)11-13-25/h2-4,6-7,10-13,20,22-23,26-27H,5,8-9,14-19H2,1H3,(H,33,37)(H,34,39)/t20-,22+,23-,26+,27+/m1/s1. The number of rotatable bonds is 5. The van der Waals surface area contributed by atoms with Crippen molar-refractivity contribution in [1.82, 2.24) is 20.4 Å². The molecule has 10 heteroatoms. The van der Waals surface area contributed by atoms with Crippen molar-refractivity contribution in [3.8, 4) is 5.75 Å². The maximum atomic E-state index is 14.2. The molecule has 3 aliphatic heterocycles. The summed E-state index contributed by atoms with van der Waals surface area (Å²) in [7, 11) is 0. The Morgan fingerprint density at radius 2 is 1.76 bits per heavy atom. The number of hydrogen-bond donors (Lipinski definition) is 2. The molecule has 3 saturated heterocycles. The van der Waals surface area contributed by atoms with Crippen molar-refractivity contribution in [1.29, 1.82) is 0 Å². The van der Waals surface area contributed by atoms with Gasteiger partial charge >= 0.3 is 0 Å². The SMILES string of the molecule is C[C@H]1NC(=O)CCC[C@H]2[C@@H]3C[C@@H](CN(C(=O)COc4ccc(Cl)cc4)C3)CN2C(=O)[C@H](Cc2ccccc2)NC1=O. The Hall–Kier alpha value is -3.59. The van der Waals surface area contributed by atoms with E-state index in [0.29, 0.717) is 49.7 Å². The summed E-state index contributed by atoms with van der Waals surface area (Å²) < 4.78 is 5.72. The minimum atomic E-state index is -0.754. The van der Waals surface area contributed by atoms with Crippen LogP contribution in [-0.4, -0.2) is 77.8 Å². The lowest BCUT2D eigenvalue weighted by atomic mass is 9.77. The monoisotopic (exact) mass is 580 g/mol. The number of amides is 4. The summed E-state index contributed by atoms with van der Waals surface area (Å²) in [5.41, 5.74) is 0.946. The van der Waals surface area contributed by atoms with Crippen molar-refractivity contribution in [2.24, 2.45) is 11.8 Å². The summed E-state index contributed by atoms with van der Waals surface area (Å²) in [5.74, 6) is 0.0198. The molecule has 2 bridgehead atoms. The van der Waals surface area contributed by atoms with Crippen molar-refractivity contribution in [3.63, 3.8) is 0 Å². The molecule has 4 amide bonds. The van der Waals surface area contributed by atoms with Gasteiger partial charge in [-0.1, -0.05) is 41.9 Å². The van der Waals surface area contributed by atoms with Gasteiger partial charge in [0.1, 0.15) is 17.8 Å². The summed E-state index contributed by atoms with van der Waals surface area (Å²) in [4.78, 5) is 56.7. The highest BCUT2D eigenvalue weighted by Gasteiger charge is 2.45. The lowest BCUT2D eigenvalue weighted by molar-refractivity contribution is -0.149. The first-order valence-corrected chi connectivity index (χ1v) is 14.7. The fourth-order valence-corrected chi connectivity index (χ4v) is 6.47. The molecule has 3 fully saturated rings. The van der Waals surface area contributed by atoms with Gasteiger partial charge in [0.2, 0.25) is 17.7 Å². The fourth-order valence-electron chi connectivity index (χ4n) is 6.34. The van der Waals surface area contributed by atoms with Crippen LogP contribution in [0.2, 0.25) is 5.02 Å². The Bertz CT molecular complexity index is 1260. The predicted molar refractivity (Wildman–Crippen MR) is 154 cm³/mol. The second kappa shape index (κ2) is 12.9. The highest BCUT2D eigenvalue weighted by atomic mass is 35.5. The molecule has 2 aromatic rings. The molecule has 218 valence electrons. The van der Waals surface area contributed by atoms with E-state index in [0.717, 1.165) is 12.0 Å². The van der Waals surface area contributed by atoms with Crippen molar-refractivity contribution in [2.75, 3.05) is 26.2 Å². The topological polar surface area (TPSA) is 108 Å². The van der Waals surface area contributed by atoms with Crippen LogP contribution in [0.4, 0.5) is 0 Å². The molecule has 0 radical (unpaired) electrons. The summed E-state index contributed by atoms with van der Waals surface area (Å²) in [6.07, 6.45) is 2.79. The summed E-state index contributed by atoms with van der Waals surface area (Å²) in [5, 5.41) is 6.29. The Balaban J connectivity index is 1.33. The smallest absolute Gasteiger partial charge is 0.260 e. The summed E-state index contributed by atoms with van der Waals surface area (Å²) >= 11 is 5.94. The van der Waals surface area contributed by atoms with Crippen LogP contribution in [0.25, 0.3) is 0 Å². The molecule has 41 heavy (non-hydrogen) atoms. The molecule has 5 atom stereocenters. The predicted octanol–water partition coefficient (Wildman–Crippen LogP) is 2.81. The van der Waals surface area contributed by atoms with E-state index < -0.39 is 12.1 Å². The second-order valence-corrected chi connectivity index (χ2v) is 11.8. The second-order valence-electron chi connectivity index (χ2n) is 11.4. The number of halogens is 1. The van der Waals surface area contributed by atoms with E-state index in [4.69, 9.17) is 16.3 Å². The average Bonchev–Trinajstić information content (AvgIpc) is 2.96. The summed E-state index contributed by atoms with van der Waals surface area (Å²) in [6, 6.07) is 14.9. The van der Waals surface area contributed by atoms with E-state index in [-0.39, 0.29) is 54.5 Å². The molecule has 3 heterocycles. The Morgan fingerprint density at radius 3 is 2.51 bits per heavy atom. The molecular weight excluding hydrogens is 544 g/mol. The Kier molecular flexibility index (Phi) is 9.12. The number of carbonyl (C=O) groups is 4. The van der Waals surface area contributed by atoms with E-state index in [1.54, 1.807) is 31.2 Å². The maximum absolute atomic E-state index is 14.2. The van der Waals surface area contributed by atoms with Gasteiger partial charge in [-0.05, 0) is 67.9 Å². The molecule has 0 saturated carbocycles. The van der Waals surface area contributed by atoms with Crippen LogP contribution >= 0.6 is 11.6 Å². The number of fused-ring (bicyclic) bond motifs is 4. The molecule has 0 aliphatic carbocycles. The minimum Gasteiger partial charge on any atom is -0.484 e. The average molecular weight is 581 g/mol. The van der Waals surface area contributed by atoms with Crippen LogP contribution in [0.1, 0.15) is 38.2 Å². The van der Waals surface area contributed by atoms with Crippen molar-refractivity contribution < 1.29 is 23.9 Å². The molecule has 5 rings (SSSR count). The van der Waals surface area contributed by atoms with E-state index in [1.807, 2.05) is 40.1 Å². The number of nitrogens with zero attached hydrogens (tertiary/aromatic N) is 2. The summed E-state index contributed by atoms with van der Waals surface area (Å²) in [6.45, 7) is 3.14. The van der Waals surface area contributed by atoms with Crippen LogP contribution in [0.15, 0.2) is 54.6 Å². The van der Waals surface area contributed by atoms with Crippen molar-refractivity contribution in [3.05, 3.63) is 65.2 Å². The number of piperidine rings is 2. The maximum Gasteiger partial charge on any atom is 0.260 e. The number of likely N-dealkylation sites (tertiary alicyclic amines) is 1. The molecule has 3 aliphatic rings. The first-order chi connectivity index (χ1) is 19.8. The Labute approximate surface area is 245 Å². The zero-order valence-electron chi connectivity index (χ0n) is 23.3. The number of benzene rings is 2. The minimum absolute atomic E-state index is 0.0715. The van der Waals surface area contributed by atoms with Gasteiger partial charge < -0.3 is 25.2 Å². The first kappa shape index (κ1) is 28.9. The largest absolute Gasteiger partial charge is 0.484 e. The quantitative estimate of drug-likeness (QED) is 0.565. The van der Waals surface area contributed by atoms with Crippen LogP contribution in [0.3, 0.4) is 0 Å². The molecule has 0 spiro atoms.